The van der Waals surface area contributed by atoms with Gasteiger partial charge >= 0.3 is 0 Å². The van der Waals surface area contributed by atoms with Gasteiger partial charge in [0.1, 0.15) is 11.6 Å². The van der Waals surface area contributed by atoms with Gasteiger partial charge < -0.3 is 10.2 Å². The van der Waals surface area contributed by atoms with Crippen LogP contribution in [0.15, 0.2) is 59.0 Å². The van der Waals surface area contributed by atoms with Crippen molar-refractivity contribution in [2.24, 2.45) is 0 Å². The van der Waals surface area contributed by atoms with Crippen LogP contribution in [0.1, 0.15) is 19.4 Å². The summed E-state index contributed by atoms with van der Waals surface area (Å²) in [6, 6.07) is 15.6. The van der Waals surface area contributed by atoms with Crippen LogP contribution in [0.25, 0.3) is 6.08 Å². The maximum atomic E-state index is 12.3. The number of hydrogen-bond acceptors (Lipinski definition) is 4. The minimum Gasteiger partial charge on any atom is -0.372 e. The molecule has 2 aromatic rings. The topological polar surface area (TPSA) is 56.1 Å². The average Bonchev–Trinajstić information content (AvgIpc) is 2.69. The maximum Gasteiger partial charge on any atom is 0.288 e. The molecule has 0 radical (unpaired) electrons. The van der Waals surface area contributed by atoms with Crippen molar-refractivity contribution in [3.05, 3.63) is 59.7 Å². The molecule has 0 spiro atoms. The molecule has 0 aliphatic heterocycles. The van der Waals surface area contributed by atoms with Crippen LogP contribution in [0.3, 0.4) is 0 Å². The molecule has 1 amide bonds. The van der Waals surface area contributed by atoms with E-state index in [1.54, 1.807) is 0 Å². The van der Waals surface area contributed by atoms with Gasteiger partial charge in [-0.3, -0.25) is 4.79 Å². The van der Waals surface area contributed by atoms with Crippen molar-refractivity contribution in [1.82, 2.24) is 0 Å². The molecule has 2 aromatic carbocycles. The highest BCUT2D eigenvalue weighted by Crippen LogP contribution is 2.26. The zero-order valence-electron chi connectivity index (χ0n) is 15.7. The van der Waals surface area contributed by atoms with E-state index in [-0.39, 0.29) is 5.57 Å². The second-order valence-corrected chi connectivity index (χ2v) is 6.85. The number of alkyl halides is 2. The van der Waals surface area contributed by atoms with Crippen LogP contribution in [0.4, 0.5) is 20.2 Å². The first-order valence-corrected chi connectivity index (χ1v) is 9.67. The van der Waals surface area contributed by atoms with Gasteiger partial charge in [-0.05, 0) is 61.9 Å². The third-order valence-electron chi connectivity index (χ3n) is 4.04. The van der Waals surface area contributed by atoms with Crippen LogP contribution in [0, 0.1) is 11.3 Å². The maximum absolute atomic E-state index is 12.3. The van der Waals surface area contributed by atoms with E-state index in [2.05, 4.69) is 24.1 Å². The predicted octanol–water partition coefficient (Wildman–Crippen LogP) is 5.39. The van der Waals surface area contributed by atoms with Crippen LogP contribution in [0.2, 0.25) is 0 Å². The van der Waals surface area contributed by atoms with Gasteiger partial charge in [-0.1, -0.05) is 23.9 Å². The Kier molecular flexibility index (Phi) is 8.02. The molecule has 0 unspecified atom stereocenters. The largest absolute Gasteiger partial charge is 0.372 e. The summed E-state index contributed by atoms with van der Waals surface area (Å²) in [6.07, 6.45) is 1.52. The molecule has 0 fully saturated rings. The van der Waals surface area contributed by atoms with Crippen molar-refractivity contribution in [2.45, 2.75) is 24.5 Å². The number of carbonyl (C=O) groups is 1. The summed E-state index contributed by atoms with van der Waals surface area (Å²) >= 11 is 0.432. The Bertz CT molecular complexity index is 855. The highest BCUT2D eigenvalue weighted by atomic mass is 32.2. The van der Waals surface area contributed by atoms with Crippen molar-refractivity contribution in [3.8, 4) is 6.07 Å². The molecule has 146 valence electrons. The molecule has 0 aromatic heterocycles. The molecule has 28 heavy (non-hydrogen) atoms. The first kappa shape index (κ1) is 21.5. The summed E-state index contributed by atoms with van der Waals surface area (Å²) in [6.45, 7) is 5.95. The molecule has 0 aliphatic rings. The summed E-state index contributed by atoms with van der Waals surface area (Å²) in [5, 5.41) is 11.9. The Balaban J connectivity index is 2.09. The number of carbonyl (C=O) groups excluding carboxylic acids is 1. The monoisotopic (exact) mass is 401 g/mol. The summed E-state index contributed by atoms with van der Waals surface area (Å²) in [5.41, 5.74) is 2.21. The number of anilines is 2. The Morgan fingerprint density at radius 1 is 1.14 bits per heavy atom. The number of nitrogens with one attached hydrogen (secondary N) is 1. The molecule has 1 N–H and O–H groups in total. The molecule has 7 heteroatoms. The fraction of sp³-hybridized carbons (Fsp3) is 0.238. The van der Waals surface area contributed by atoms with E-state index < -0.39 is 11.7 Å². The first-order chi connectivity index (χ1) is 13.5. The summed E-state index contributed by atoms with van der Waals surface area (Å²) in [4.78, 5) is 14.9. The fourth-order valence-corrected chi connectivity index (χ4v) is 3.10. The lowest BCUT2D eigenvalue weighted by molar-refractivity contribution is -0.112. The fourth-order valence-electron chi connectivity index (χ4n) is 2.60. The van der Waals surface area contributed by atoms with E-state index in [0.717, 1.165) is 24.3 Å². The van der Waals surface area contributed by atoms with Crippen molar-refractivity contribution in [3.63, 3.8) is 0 Å². The third-order valence-corrected chi connectivity index (χ3v) is 4.76. The van der Waals surface area contributed by atoms with Crippen LogP contribution < -0.4 is 10.2 Å². The Morgan fingerprint density at radius 3 is 2.25 bits per heavy atom. The number of nitrogens with zero attached hydrogens (tertiary/aromatic N) is 2. The molecular weight excluding hydrogens is 380 g/mol. The van der Waals surface area contributed by atoms with E-state index in [1.807, 2.05) is 30.3 Å². The first-order valence-electron chi connectivity index (χ1n) is 8.79. The predicted molar refractivity (Wildman–Crippen MR) is 111 cm³/mol. The molecule has 0 saturated carbocycles. The Hall–Kier alpha value is -2.85. The summed E-state index contributed by atoms with van der Waals surface area (Å²) in [5.74, 6) is -3.05. The normalized spacial score (nSPS) is 11.2. The Morgan fingerprint density at radius 2 is 1.75 bits per heavy atom. The van der Waals surface area contributed by atoms with Gasteiger partial charge in [-0.15, -0.1) is 0 Å². The molecule has 0 atom stereocenters. The second kappa shape index (κ2) is 10.5. The lowest BCUT2D eigenvalue weighted by Crippen LogP contribution is -2.21. The summed E-state index contributed by atoms with van der Waals surface area (Å²) < 4.78 is 24.7. The molecule has 0 saturated heterocycles. The van der Waals surface area contributed by atoms with E-state index in [4.69, 9.17) is 0 Å². The smallest absolute Gasteiger partial charge is 0.288 e. The number of nitriles is 1. The number of rotatable bonds is 8. The third kappa shape index (κ3) is 6.10. The van der Waals surface area contributed by atoms with Crippen molar-refractivity contribution >= 4 is 35.1 Å². The van der Waals surface area contributed by atoms with E-state index >= 15 is 0 Å². The molecule has 2 rings (SSSR count). The lowest BCUT2D eigenvalue weighted by atomic mass is 10.1. The average molecular weight is 401 g/mol. The van der Waals surface area contributed by atoms with Gasteiger partial charge in [-0.25, -0.2) is 0 Å². The van der Waals surface area contributed by atoms with E-state index in [1.165, 1.54) is 30.3 Å². The quantitative estimate of drug-likeness (QED) is 0.366. The molecular formula is C21H21F2N3OS. The van der Waals surface area contributed by atoms with E-state index in [0.29, 0.717) is 22.3 Å². The zero-order chi connectivity index (χ0) is 20.5. The Labute approximate surface area is 167 Å². The van der Waals surface area contributed by atoms with Gasteiger partial charge in [-0.2, -0.15) is 14.0 Å². The minimum absolute atomic E-state index is 0.0402. The number of amides is 1. The second-order valence-electron chi connectivity index (χ2n) is 5.79. The molecule has 4 nitrogen and oxygen atoms in total. The number of hydrogen-bond donors (Lipinski definition) is 1. The van der Waals surface area contributed by atoms with Crippen LogP contribution >= 0.6 is 11.8 Å². The van der Waals surface area contributed by atoms with Gasteiger partial charge in [0.2, 0.25) is 0 Å². The number of halogens is 2. The van der Waals surface area contributed by atoms with Crippen LogP contribution in [-0.2, 0) is 4.79 Å². The van der Waals surface area contributed by atoms with Gasteiger partial charge in [0, 0.05) is 29.4 Å². The zero-order valence-corrected chi connectivity index (χ0v) is 16.5. The number of thioether (sulfide) groups is 1. The van der Waals surface area contributed by atoms with Crippen LogP contribution in [0.5, 0.6) is 0 Å². The standard InChI is InChI=1S/C21H21F2N3OS/c1-3-26(4-2)18-9-5-15(6-10-18)13-16(14-24)20(27)25-17-7-11-19(12-8-17)28-21(22)23/h5-13,21H,3-4H2,1-2H3,(H,25,27)/b16-13-. The number of benzene rings is 2. The van der Waals surface area contributed by atoms with Crippen LogP contribution in [-0.4, -0.2) is 24.8 Å². The van der Waals surface area contributed by atoms with Crippen molar-refractivity contribution in [2.75, 3.05) is 23.3 Å². The van der Waals surface area contributed by atoms with Gasteiger partial charge in [0.05, 0.1) is 0 Å². The van der Waals surface area contributed by atoms with Gasteiger partial charge in [0.25, 0.3) is 11.7 Å². The molecule has 0 heterocycles. The SMILES string of the molecule is CCN(CC)c1ccc(/C=C(/C#N)C(=O)Nc2ccc(SC(F)F)cc2)cc1. The molecule has 0 aliphatic carbocycles. The highest BCUT2D eigenvalue weighted by molar-refractivity contribution is 7.99. The lowest BCUT2D eigenvalue weighted by Gasteiger charge is -2.20. The minimum atomic E-state index is -2.50. The van der Waals surface area contributed by atoms with Crippen molar-refractivity contribution < 1.29 is 13.6 Å². The van der Waals surface area contributed by atoms with E-state index in [9.17, 15) is 18.8 Å². The summed E-state index contributed by atoms with van der Waals surface area (Å²) in [7, 11) is 0. The highest BCUT2D eigenvalue weighted by Gasteiger charge is 2.11. The van der Waals surface area contributed by atoms with Crippen molar-refractivity contribution in [1.29, 1.82) is 5.26 Å². The molecule has 0 bridgehead atoms. The van der Waals surface area contributed by atoms with Gasteiger partial charge in [0.15, 0.2) is 0 Å².